The number of nitrogens with one attached hydrogen (secondary N) is 1. The normalized spacial score (nSPS) is 19.1. The molecule has 1 atom stereocenters. The zero-order chi connectivity index (χ0) is 19.3. The minimum atomic E-state index is 0.257. The van der Waals surface area contributed by atoms with Gasteiger partial charge in [-0.3, -0.25) is 4.79 Å². The zero-order valence-corrected chi connectivity index (χ0v) is 16.5. The fraction of sp³-hybridized carbons (Fsp3) is 0.375. The Bertz CT molecular complexity index is 808. The van der Waals surface area contributed by atoms with Crippen LogP contribution in [0.3, 0.4) is 0 Å². The van der Waals surface area contributed by atoms with Gasteiger partial charge in [-0.05, 0) is 48.4 Å². The van der Waals surface area contributed by atoms with Crippen molar-refractivity contribution in [2.24, 2.45) is 11.3 Å². The second-order valence-electron chi connectivity index (χ2n) is 7.93. The Labute approximate surface area is 162 Å². The predicted molar refractivity (Wildman–Crippen MR) is 111 cm³/mol. The van der Waals surface area contributed by atoms with E-state index in [1.54, 1.807) is 0 Å². The van der Waals surface area contributed by atoms with Gasteiger partial charge >= 0.3 is 0 Å². The average Bonchev–Trinajstić information content (AvgIpc) is 2.69. The van der Waals surface area contributed by atoms with Gasteiger partial charge in [-0.15, -0.1) is 0 Å². The van der Waals surface area contributed by atoms with Crippen molar-refractivity contribution < 1.29 is 9.53 Å². The summed E-state index contributed by atoms with van der Waals surface area (Å²) in [5, 5.41) is 3.32. The molecule has 1 fully saturated rings. The molecule has 0 heterocycles. The van der Waals surface area contributed by atoms with Crippen LogP contribution in [0.15, 0.2) is 66.4 Å². The van der Waals surface area contributed by atoms with Crippen LogP contribution < -0.4 is 10.1 Å². The molecule has 1 saturated carbocycles. The molecule has 0 bridgehead atoms. The summed E-state index contributed by atoms with van der Waals surface area (Å²) in [5.74, 6) is 2.34. The summed E-state index contributed by atoms with van der Waals surface area (Å²) >= 11 is 0. The lowest BCUT2D eigenvalue weighted by Gasteiger charge is -2.36. The van der Waals surface area contributed by atoms with E-state index in [9.17, 15) is 4.79 Å². The number of para-hydroxylation sites is 3. The number of benzene rings is 2. The number of carbonyl (C=O) groups excluding carboxylic acids is 1. The van der Waals surface area contributed by atoms with E-state index in [2.05, 4.69) is 26.1 Å². The van der Waals surface area contributed by atoms with Gasteiger partial charge in [0.1, 0.15) is 5.75 Å². The number of ether oxygens (including phenoxy) is 1. The van der Waals surface area contributed by atoms with Gasteiger partial charge in [0, 0.05) is 18.2 Å². The highest BCUT2D eigenvalue weighted by Crippen LogP contribution is 2.41. The first-order valence-corrected chi connectivity index (χ1v) is 9.80. The molecule has 3 nitrogen and oxygen atoms in total. The molecule has 0 spiro atoms. The van der Waals surface area contributed by atoms with E-state index in [1.165, 1.54) is 0 Å². The van der Waals surface area contributed by atoms with Crippen LogP contribution in [0.1, 0.15) is 46.5 Å². The Kier molecular flexibility index (Phi) is 6.00. The van der Waals surface area contributed by atoms with Crippen LogP contribution in [0.25, 0.3) is 0 Å². The number of rotatable bonds is 6. The summed E-state index contributed by atoms with van der Waals surface area (Å²) < 4.78 is 5.99. The molecule has 0 unspecified atom stereocenters. The third kappa shape index (κ3) is 4.79. The molecular formula is C24H29NO2. The van der Waals surface area contributed by atoms with Gasteiger partial charge in [-0.1, -0.05) is 57.5 Å². The minimum Gasteiger partial charge on any atom is -0.455 e. The molecule has 0 aliphatic heterocycles. The maximum Gasteiger partial charge on any atom is 0.160 e. The molecule has 0 amide bonds. The van der Waals surface area contributed by atoms with E-state index in [-0.39, 0.29) is 11.2 Å². The summed E-state index contributed by atoms with van der Waals surface area (Å²) in [7, 11) is 0. The fourth-order valence-electron chi connectivity index (χ4n) is 3.50. The molecule has 1 aliphatic carbocycles. The number of Topliss-reactive ketones (excluding diaryl/α,β-unsaturated/α-hetero) is 1. The third-order valence-corrected chi connectivity index (χ3v) is 5.82. The first-order valence-electron chi connectivity index (χ1n) is 9.80. The number of hydrogen-bond acceptors (Lipinski definition) is 3. The summed E-state index contributed by atoms with van der Waals surface area (Å²) in [4.78, 5) is 12.4. The van der Waals surface area contributed by atoms with Crippen molar-refractivity contribution in [1.29, 1.82) is 0 Å². The lowest BCUT2D eigenvalue weighted by atomic mass is 9.68. The standard InChI is InChI=1S/C24H29NO2/c1-4-24(2,3)19-14-15-22(26)18(16-19)17-25-21-12-8-9-13-23(21)27-20-10-6-5-7-11-20/h5-13,17,19,25H,4,14-16H2,1-3H3/b18-17+/t19-/m1/s1. The Morgan fingerprint density at radius 3 is 2.56 bits per heavy atom. The maximum atomic E-state index is 12.4. The Morgan fingerprint density at radius 2 is 1.81 bits per heavy atom. The predicted octanol–water partition coefficient (Wildman–Crippen LogP) is 6.58. The van der Waals surface area contributed by atoms with Gasteiger partial charge in [0.2, 0.25) is 0 Å². The number of anilines is 1. The van der Waals surface area contributed by atoms with Gasteiger partial charge in [-0.2, -0.15) is 0 Å². The fourth-order valence-corrected chi connectivity index (χ4v) is 3.50. The molecule has 3 heteroatoms. The SMILES string of the molecule is CCC(C)(C)[C@@H]1CCC(=O)/C(=C/Nc2ccccc2Oc2ccccc2)C1. The van der Waals surface area contributed by atoms with Crippen molar-refractivity contribution in [3.8, 4) is 11.5 Å². The van der Waals surface area contributed by atoms with Crippen molar-refractivity contribution in [3.63, 3.8) is 0 Å². The molecule has 142 valence electrons. The van der Waals surface area contributed by atoms with E-state index >= 15 is 0 Å². The van der Waals surface area contributed by atoms with Crippen LogP contribution >= 0.6 is 0 Å². The molecule has 0 aromatic heterocycles. The van der Waals surface area contributed by atoms with Crippen LogP contribution in [0.4, 0.5) is 5.69 Å². The van der Waals surface area contributed by atoms with Crippen LogP contribution in [-0.2, 0) is 4.79 Å². The van der Waals surface area contributed by atoms with Crippen molar-refractivity contribution in [1.82, 2.24) is 0 Å². The Hall–Kier alpha value is -2.55. The minimum absolute atomic E-state index is 0.257. The van der Waals surface area contributed by atoms with E-state index in [0.717, 1.165) is 42.0 Å². The molecule has 1 aliphatic rings. The monoisotopic (exact) mass is 363 g/mol. The first-order chi connectivity index (χ1) is 13.0. The highest BCUT2D eigenvalue weighted by Gasteiger charge is 2.33. The van der Waals surface area contributed by atoms with Gasteiger partial charge < -0.3 is 10.1 Å². The molecule has 2 aromatic rings. The highest BCUT2D eigenvalue weighted by atomic mass is 16.5. The molecule has 27 heavy (non-hydrogen) atoms. The van der Waals surface area contributed by atoms with Crippen LogP contribution in [0, 0.1) is 11.3 Å². The van der Waals surface area contributed by atoms with Crippen LogP contribution in [-0.4, -0.2) is 5.78 Å². The molecule has 0 saturated heterocycles. The number of ketones is 1. The average molecular weight is 364 g/mol. The molecule has 3 rings (SSSR count). The van der Waals surface area contributed by atoms with Gasteiger partial charge in [0.05, 0.1) is 5.69 Å². The first kappa shape index (κ1) is 19.2. The van der Waals surface area contributed by atoms with Crippen LogP contribution in [0.2, 0.25) is 0 Å². The van der Waals surface area contributed by atoms with Gasteiger partial charge in [-0.25, -0.2) is 0 Å². The summed E-state index contributed by atoms with van der Waals surface area (Å²) in [5.41, 5.74) is 2.01. The molecule has 1 N–H and O–H groups in total. The smallest absolute Gasteiger partial charge is 0.160 e. The van der Waals surface area contributed by atoms with Crippen molar-refractivity contribution in [3.05, 3.63) is 66.4 Å². The Morgan fingerprint density at radius 1 is 1.11 bits per heavy atom. The maximum absolute atomic E-state index is 12.4. The zero-order valence-electron chi connectivity index (χ0n) is 16.5. The second kappa shape index (κ2) is 8.43. The van der Waals surface area contributed by atoms with Crippen molar-refractivity contribution in [2.75, 3.05) is 5.32 Å². The Balaban J connectivity index is 1.76. The second-order valence-corrected chi connectivity index (χ2v) is 7.93. The van der Waals surface area contributed by atoms with E-state index in [1.807, 2.05) is 60.8 Å². The topological polar surface area (TPSA) is 38.3 Å². The molecular weight excluding hydrogens is 334 g/mol. The molecule has 2 aromatic carbocycles. The quantitative estimate of drug-likeness (QED) is 0.589. The van der Waals surface area contributed by atoms with Gasteiger partial charge in [0.15, 0.2) is 11.5 Å². The van der Waals surface area contributed by atoms with Crippen molar-refractivity contribution >= 4 is 11.5 Å². The largest absolute Gasteiger partial charge is 0.455 e. The summed E-state index contributed by atoms with van der Waals surface area (Å²) in [6, 6.07) is 17.5. The number of allylic oxidation sites excluding steroid dienone is 1. The number of hydrogen-bond donors (Lipinski definition) is 1. The summed E-state index contributed by atoms with van der Waals surface area (Å²) in [6.07, 6.45) is 5.48. The van der Waals surface area contributed by atoms with E-state index < -0.39 is 0 Å². The highest BCUT2D eigenvalue weighted by molar-refractivity contribution is 5.96. The lowest BCUT2D eigenvalue weighted by molar-refractivity contribution is -0.117. The molecule has 0 radical (unpaired) electrons. The van der Waals surface area contributed by atoms with Gasteiger partial charge in [0.25, 0.3) is 0 Å². The van der Waals surface area contributed by atoms with Crippen molar-refractivity contribution in [2.45, 2.75) is 46.5 Å². The van der Waals surface area contributed by atoms with Crippen LogP contribution in [0.5, 0.6) is 11.5 Å². The van der Waals surface area contributed by atoms with E-state index in [4.69, 9.17) is 4.74 Å². The third-order valence-electron chi connectivity index (χ3n) is 5.82. The summed E-state index contributed by atoms with van der Waals surface area (Å²) in [6.45, 7) is 6.85. The number of carbonyl (C=O) groups is 1. The lowest BCUT2D eigenvalue weighted by Crippen LogP contribution is -2.29. The van der Waals surface area contributed by atoms with E-state index in [0.29, 0.717) is 12.3 Å².